The third kappa shape index (κ3) is 2.58. The van der Waals surface area contributed by atoms with Crippen molar-refractivity contribution in [2.75, 3.05) is 17.2 Å². The van der Waals surface area contributed by atoms with Crippen LogP contribution in [0.2, 0.25) is 0 Å². The predicted octanol–water partition coefficient (Wildman–Crippen LogP) is 4.03. The van der Waals surface area contributed by atoms with Gasteiger partial charge in [0.05, 0.1) is 0 Å². The largest absolute Gasteiger partial charge is 0.486 e. The van der Waals surface area contributed by atoms with Crippen LogP contribution in [0, 0.1) is 20.8 Å². The van der Waals surface area contributed by atoms with Crippen molar-refractivity contribution in [2.24, 2.45) is 0 Å². The van der Waals surface area contributed by atoms with Gasteiger partial charge in [0, 0.05) is 23.4 Å². The van der Waals surface area contributed by atoms with E-state index in [0.717, 1.165) is 23.6 Å². The zero-order valence-corrected chi connectivity index (χ0v) is 13.5. The summed E-state index contributed by atoms with van der Waals surface area (Å²) in [5.74, 6) is 3.34. The van der Waals surface area contributed by atoms with E-state index in [1.54, 1.807) is 0 Å². The number of hydrogen-bond donors (Lipinski definition) is 1. The summed E-state index contributed by atoms with van der Waals surface area (Å²) in [6, 6.07) is 0. The van der Waals surface area contributed by atoms with Gasteiger partial charge in [0.1, 0.15) is 11.4 Å². The van der Waals surface area contributed by atoms with Gasteiger partial charge in [0.15, 0.2) is 0 Å². The summed E-state index contributed by atoms with van der Waals surface area (Å²) in [6.45, 7) is 10.8. The highest BCUT2D eigenvalue weighted by molar-refractivity contribution is 7.99. The molecule has 0 bridgehead atoms. The Morgan fingerprint density at radius 3 is 2.53 bits per heavy atom. The van der Waals surface area contributed by atoms with Crippen LogP contribution in [0.4, 0.5) is 5.69 Å². The van der Waals surface area contributed by atoms with Gasteiger partial charge in [0.25, 0.3) is 0 Å². The highest BCUT2D eigenvalue weighted by Crippen LogP contribution is 2.44. The predicted molar refractivity (Wildman–Crippen MR) is 85.4 cm³/mol. The van der Waals surface area contributed by atoms with E-state index in [2.05, 4.69) is 34.6 Å². The van der Waals surface area contributed by atoms with Crippen LogP contribution in [-0.4, -0.2) is 17.1 Å². The van der Waals surface area contributed by atoms with E-state index >= 15 is 0 Å². The molecule has 0 radical (unpaired) electrons. The molecule has 1 heterocycles. The molecule has 0 saturated carbocycles. The average molecular weight is 279 g/mol. The normalized spacial score (nSPS) is 21.3. The molecule has 0 aliphatic carbocycles. The first-order valence-corrected chi connectivity index (χ1v) is 8.20. The minimum Gasteiger partial charge on any atom is -0.486 e. The maximum Gasteiger partial charge on any atom is 0.127 e. The monoisotopic (exact) mass is 279 g/mol. The minimum absolute atomic E-state index is 0.0715. The molecule has 0 amide bonds. The maximum absolute atomic E-state index is 6.31. The van der Waals surface area contributed by atoms with Crippen LogP contribution >= 0.6 is 11.8 Å². The van der Waals surface area contributed by atoms with Gasteiger partial charge >= 0.3 is 0 Å². The molecule has 1 aliphatic rings. The summed E-state index contributed by atoms with van der Waals surface area (Å²) in [4.78, 5) is 0. The van der Waals surface area contributed by atoms with Gasteiger partial charge in [-0.2, -0.15) is 11.8 Å². The van der Waals surface area contributed by atoms with Crippen molar-refractivity contribution in [1.82, 2.24) is 0 Å². The number of hydrogen-bond acceptors (Lipinski definition) is 3. The van der Waals surface area contributed by atoms with Crippen molar-refractivity contribution in [3.8, 4) is 5.75 Å². The lowest BCUT2D eigenvalue weighted by molar-refractivity contribution is 0.143. The Hall–Kier alpha value is -0.830. The zero-order valence-electron chi connectivity index (χ0n) is 12.7. The third-order valence-electron chi connectivity index (χ3n) is 4.09. The smallest absolute Gasteiger partial charge is 0.127 e. The van der Waals surface area contributed by atoms with E-state index in [9.17, 15) is 0 Å². The Kier molecular flexibility index (Phi) is 4.05. The summed E-state index contributed by atoms with van der Waals surface area (Å²) in [6.07, 6.45) is 2.20. The Labute approximate surface area is 121 Å². The quantitative estimate of drug-likeness (QED) is 0.667. The lowest BCUT2D eigenvalue weighted by Crippen LogP contribution is -2.33. The Balaban J connectivity index is 2.29. The molecule has 0 aromatic heterocycles. The molecule has 19 heavy (non-hydrogen) atoms. The first-order chi connectivity index (χ1) is 8.89. The van der Waals surface area contributed by atoms with Crippen LogP contribution < -0.4 is 10.5 Å². The fraction of sp³-hybridized carbons (Fsp3) is 0.625. The molecular weight excluding hydrogens is 254 g/mol. The van der Waals surface area contributed by atoms with Crippen molar-refractivity contribution < 1.29 is 4.74 Å². The summed E-state index contributed by atoms with van der Waals surface area (Å²) in [5.41, 5.74) is 12.0. The maximum atomic E-state index is 6.31. The van der Waals surface area contributed by atoms with E-state index in [1.807, 2.05) is 11.8 Å². The number of thioether (sulfide) groups is 1. The Bertz CT molecular complexity index is 459. The van der Waals surface area contributed by atoms with E-state index in [1.165, 1.54) is 34.4 Å². The van der Waals surface area contributed by atoms with Gasteiger partial charge < -0.3 is 10.5 Å². The SMILES string of the molecule is CCCSCC1(C)Cc2c(C)c(N)c(C)c(C)c2O1. The lowest BCUT2D eigenvalue weighted by Gasteiger charge is -2.24. The number of rotatable bonds is 4. The van der Waals surface area contributed by atoms with Gasteiger partial charge in [-0.05, 0) is 56.6 Å². The molecule has 1 unspecified atom stereocenters. The average Bonchev–Trinajstić information content (AvgIpc) is 2.73. The lowest BCUT2D eigenvalue weighted by atomic mass is 9.93. The standard InChI is InChI=1S/C16H25NOS/c1-6-7-19-9-16(5)8-13-12(4)14(17)10(2)11(3)15(13)18-16/h6-9,17H2,1-5H3. The first kappa shape index (κ1) is 14.6. The van der Waals surface area contributed by atoms with Crippen molar-refractivity contribution in [1.29, 1.82) is 0 Å². The van der Waals surface area contributed by atoms with E-state index in [4.69, 9.17) is 10.5 Å². The summed E-state index contributed by atoms with van der Waals surface area (Å²) in [5, 5.41) is 0. The molecule has 3 heteroatoms. The molecule has 2 nitrogen and oxygen atoms in total. The van der Waals surface area contributed by atoms with Crippen LogP contribution in [0.15, 0.2) is 0 Å². The summed E-state index contributed by atoms with van der Waals surface area (Å²) in [7, 11) is 0. The number of anilines is 1. The number of ether oxygens (including phenoxy) is 1. The zero-order chi connectivity index (χ0) is 14.2. The molecule has 1 aliphatic heterocycles. The first-order valence-electron chi connectivity index (χ1n) is 7.04. The molecule has 1 aromatic carbocycles. The molecule has 0 saturated heterocycles. The van der Waals surface area contributed by atoms with Crippen LogP contribution in [0.3, 0.4) is 0 Å². The van der Waals surface area contributed by atoms with Crippen molar-refractivity contribution in [3.63, 3.8) is 0 Å². The Morgan fingerprint density at radius 2 is 1.89 bits per heavy atom. The second-order valence-electron chi connectivity index (χ2n) is 5.88. The van der Waals surface area contributed by atoms with Gasteiger partial charge in [-0.15, -0.1) is 0 Å². The molecule has 1 atom stereocenters. The highest BCUT2D eigenvalue weighted by Gasteiger charge is 2.37. The molecular formula is C16H25NOS. The van der Waals surface area contributed by atoms with Gasteiger partial charge in [-0.25, -0.2) is 0 Å². The topological polar surface area (TPSA) is 35.2 Å². The van der Waals surface area contributed by atoms with Gasteiger partial charge in [0.2, 0.25) is 0 Å². The number of fused-ring (bicyclic) bond motifs is 1. The van der Waals surface area contributed by atoms with Gasteiger partial charge in [-0.1, -0.05) is 6.92 Å². The van der Waals surface area contributed by atoms with E-state index < -0.39 is 0 Å². The molecule has 2 rings (SSSR count). The second kappa shape index (κ2) is 5.28. The molecule has 0 fully saturated rings. The molecule has 2 N–H and O–H groups in total. The van der Waals surface area contributed by atoms with Crippen LogP contribution in [0.25, 0.3) is 0 Å². The van der Waals surface area contributed by atoms with Crippen LogP contribution in [-0.2, 0) is 6.42 Å². The fourth-order valence-corrected chi connectivity index (χ4v) is 3.76. The minimum atomic E-state index is -0.0715. The van der Waals surface area contributed by atoms with Crippen molar-refractivity contribution in [2.45, 2.75) is 53.1 Å². The van der Waals surface area contributed by atoms with Gasteiger partial charge in [-0.3, -0.25) is 0 Å². The van der Waals surface area contributed by atoms with Crippen molar-refractivity contribution >= 4 is 17.4 Å². The number of nitrogens with two attached hydrogens (primary N) is 1. The molecule has 0 spiro atoms. The third-order valence-corrected chi connectivity index (χ3v) is 5.60. The van der Waals surface area contributed by atoms with Crippen molar-refractivity contribution in [3.05, 3.63) is 22.3 Å². The van der Waals surface area contributed by atoms with E-state index in [0.29, 0.717) is 0 Å². The highest BCUT2D eigenvalue weighted by atomic mass is 32.2. The van der Waals surface area contributed by atoms with Crippen LogP contribution in [0.1, 0.15) is 42.5 Å². The molecule has 106 valence electrons. The van der Waals surface area contributed by atoms with Crippen LogP contribution in [0.5, 0.6) is 5.75 Å². The number of nitrogen functional groups attached to an aromatic ring is 1. The van der Waals surface area contributed by atoms with E-state index in [-0.39, 0.29) is 5.60 Å². The molecule has 1 aromatic rings. The summed E-state index contributed by atoms with van der Waals surface area (Å²) < 4.78 is 6.31. The summed E-state index contributed by atoms with van der Waals surface area (Å²) >= 11 is 1.98. The Morgan fingerprint density at radius 1 is 1.21 bits per heavy atom. The second-order valence-corrected chi connectivity index (χ2v) is 6.98. The number of benzene rings is 1. The fourth-order valence-electron chi connectivity index (χ4n) is 2.73.